The molecule has 100 valence electrons. The van der Waals surface area contributed by atoms with Crippen LogP contribution in [0.2, 0.25) is 10.0 Å². The molecule has 2 aromatic rings. The third-order valence-corrected chi connectivity index (χ3v) is 3.86. The van der Waals surface area contributed by atoms with Crippen LogP contribution in [0.25, 0.3) is 0 Å². The summed E-state index contributed by atoms with van der Waals surface area (Å²) in [7, 11) is 1.65. The number of anilines is 1. The molecule has 0 aliphatic carbocycles. The summed E-state index contributed by atoms with van der Waals surface area (Å²) >= 11 is 15.3. The Morgan fingerprint density at radius 3 is 2.58 bits per heavy atom. The van der Waals surface area contributed by atoms with E-state index in [4.69, 9.17) is 27.9 Å². The van der Waals surface area contributed by atoms with E-state index in [0.29, 0.717) is 16.6 Å². The molecule has 2 aromatic carbocycles. The molecule has 0 saturated carbocycles. The fraction of sp³-hybridized carbons (Fsp3) is 0.143. The minimum absolute atomic E-state index is 0.558. The maximum absolute atomic E-state index is 5.99. The maximum Gasteiger partial charge on any atom is 0.142 e. The minimum Gasteiger partial charge on any atom is -0.495 e. The van der Waals surface area contributed by atoms with E-state index in [0.717, 1.165) is 21.5 Å². The van der Waals surface area contributed by atoms with E-state index in [9.17, 15) is 0 Å². The summed E-state index contributed by atoms with van der Waals surface area (Å²) in [5.74, 6) is 0.795. The second-order valence-corrected chi connectivity index (χ2v) is 5.68. The standard InChI is InChI=1S/C14H12BrCl2NO/c1-19-14-5-3-10(15)7-13(14)18-8-9-2-4-11(16)12(17)6-9/h2-7,18H,8H2,1H3. The summed E-state index contributed by atoms with van der Waals surface area (Å²) in [5, 5.41) is 4.43. The van der Waals surface area contributed by atoms with Crippen molar-refractivity contribution in [2.45, 2.75) is 6.54 Å². The van der Waals surface area contributed by atoms with Gasteiger partial charge in [-0.3, -0.25) is 0 Å². The van der Waals surface area contributed by atoms with Crippen molar-refractivity contribution in [3.63, 3.8) is 0 Å². The fourth-order valence-corrected chi connectivity index (χ4v) is 2.35. The van der Waals surface area contributed by atoms with E-state index < -0.39 is 0 Å². The van der Waals surface area contributed by atoms with Crippen molar-refractivity contribution in [1.82, 2.24) is 0 Å². The highest BCUT2D eigenvalue weighted by atomic mass is 79.9. The van der Waals surface area contributed by atoms with Crippen LogP contribution in [-0.2, 0) is 6.54 Å². The molecule has 0 radical (unpaired) electrons. The zero-order valence-electron chi connectivity index (χ0n) is 10.2. The van der Waals surface area contributed by atoms with Crippen LogP contribution in [-0.4, -0.2) is 7.11 Å². The molecule has 1 N–H and O–H groups in total. The van der Waals surface area contributed by atoms with Crippen molar-refractivity contribution >= 4 is 44.8 Å². The van der Waals surface area contributed by atoms with Crippen molar-refractivity contribution in [1.29, 1.82) is 0 Å². The molecule has 2 rings (SSSR count). The lowest BCUT2D eigenvalue weighted by Crippen LogP contribution is -2.01. The summed E-state index contributed by atoms with van der Waals surface area (Å²) in [5.41, 5.74) is 1.97. The molecule has 0 aromatic heterocycles. The third-order valence-electron chi connectivity index (χ3n) is 2.63. The lowest BCUT2D eigenvalue weighted by Gasteiger charge is -2.12. The third kappa shape index (κ3) is 3.78. The Morgan fingerprint density at radius 2 is 1.89 bits per heavy atom. The van der Waals surface area contributed by atoms with Gasteiger partial charge in [0, 0.05) is 11.0 Å². The zero-order chi connectivity index (χ0) is 13.8. The predicted octanol–water partition coefficient (Wildman–Crippen LogP) is 5.38. The van der Waals surface area contributed by atoms with Gasteiger partial charge in [0.25, 0.3) is 0 Å². The molecule has 0 aliphatic heterocycles. The van der Waals surface area contributed by atoms with Crippen LogP contribution < -0.4 is 10.1 Å². The summed E-state index contributed by atoms with van der Waals surface area (Å²) in [6.07, 6.45) is 0. The van der Waals surface area contributed by atoms with Gasteiger partial charge in [0.2, 0.25) is 0 Å². The van der Waals surface area contributed by atoms with Crippen LogP contribution in [0.1, 0.15) is 5.56 Å². The first kappa shape index (κ1) is 14.5. The first-order valence-electron chi connectivity index (χ1n) is 5.61. The van der Waals surface area contributed by atoms with Gasteiger partial charge in [-0.1, -0.05) is 45.2 Å². The number of hydrogen-bond acceptors (Lipinski definition) is 2. The number of ether oxygens (including phenoxy) is 1. The van der Waals surface area contributed by atoms with Gasteiger partial charge in [0.1, 0.15) is 5.75 Å². The molecule has 0 saturated heterocycles. The molecule has 2 nitrogen and oxygen atoms in total. The molecule has 0 heterocycles. The second kappa shape index (κ2) is 6.51. The van der Waals surface area contributed by atoms with Gasteiger partial charge in [0.05, 0.1) is 22.8 Å². The van der Waals surface area contributed by atoms with Crippen molar-refractivity contribution in [3.05, 3.63) is 56.5 Å². The van der Waals surface area contributed by atoms with E-state index in [1.165, 1.54) is 0 Å². The monoisotopic (exact) mass is 359 g/mol. The molecule has 0 fully saturated rings. The van der Waals surface area contributed by atoms with Gasteiger partial charge in [-0.2, -0.15) is 0 Å². The average molecular weight is 361 g/mol. The van der Waals surface area contributed by atoms with Crippen LogP contribution in [0.15, 0.2) is 40.9 Å². The molecule has 0 unspecified atom stereocenters. The van der Waals surface area contributed by atoms with E-state index in [1.54, 1.807) is 13.2 Å². The Morgan fingerprint density at radius 1 is 1.11 bits per heavy atom. The van der Waals surface area contributed by atoms with Gasteiger partial charge in [-0.05, 0) is 35.9 Å². The van der Waals surface area contributed by atoms with Crippen LogP contribution in [0, 0.1) is 0 Å². The van der Waals surface area contributed by atoms with Crippen LogP contribution in [0.5, 0.6) is 5.75 Å². The highest BCUT2D eigenvalue weighted by molar-refractivity contribution is 9.10. The van der Waals surface area contributed by atoms with Crippen LogP contribution in [0.3, 0.4) is 0 Å². The Hall–Kier alpha value is -0.900. The zero-order valence-corrected chi connectivity index (χ0v) is 13.3. The highest BCUT2D eigenvalue weighted by Crippen LogP contribution is 2.29. The molecule has 0 bridgehead atoms. The normalized spacial score (nSPS) is 10.3. The number of halogens is 3. The fourth-order valence-electron chi connectivity index (χ4n) is 1.67. The van der Waals surface area contributed by atoms with Crippen LogP contribution in [0.4, 0.5) is 5.69 Å². The number of hydrogen-bond donors (Lipinski definition) is 1. The van der Waals surface area contributed by atoms with Crippen molar-refractivity contribution in [3.8, 4) is 5.75 Å². The Bertz CT molecular complexity index is 590. The topological polar surface area (TPSA) is 21.3 Å². The predicted molar refractivity (Wildman–Crippen MR) is 84.5 cm³/mol. The number of methoxy groups -OCH3 is 1. The van der Waals surface area contributed by atoms with Gasteiger partial charge in [-0.15, -0.1) is 0 Å². The Balaban J connectivity index is 2.13. The van der Waals surface area contributed by atoms with E-state index in [1.807, 2.05) is 30.3 Å². The first-order valence-corrected chi connectivity index (χ1v) is 7.16. The van der Waals surface area contributed by atoms with Gasteiger partial charge >= 0.3 is 0 Å². The smallest absolute Gasteiger partial charge is 0.142 e. The number of rotatable bonds is 4. The molecule has 5 heteroatoms. The highest BCUT2D eigenvalue weighted by Gasteiger charge is 2.04. The Kier molecular flexibility index (Phi) is 4.97. The lowest BCUT2D eigenvalue weighted by atomic mass is 10.2. The maximum atomic E-state index is 5.99. The molecule has 0 aliphatic rings. The minimum atomic E-state index is 0.558. The van der Waals surface area contributed by atoms with Crippen molar-refractivity contribution in [2.75, 3.05) is 12.4 Å². The molecular formula is C14H12BrCl2NO. The van der Waals surface area contributed by atoms with E-state index >= 15 is 0 Å². The summed E-state index contributed by atoms with van der Waals surface area (Å²) in [6, 6.07) is 11.4. The van der Waals surface area contributed by atoms with Crippen molar-refractivity contribution < 1.29 is 4.74 Å². The van der Waals surface area contributed by atoms with Crippen molar-refractivity contribution in [2.24, 2.45) is 0 Å². The summed E-state index contributed by atoms with van der Waals surface area (Å²) in [4.78, 5) is 0. The second-order valence-electron chi connectivity index (χ2n) is 3.95. The molecule has 0 atom stereocenters. The van der Waals surface area contributed by atoms with Crippen LogP contribution >= 0.6 is 39.1 Å². The quantitative estimate of drug-likeness (QED) is 0.790. The molecule has 0 spiro atoms. The SMILES string of the molecule is COc1ccc(Br)cc1NCc1ccc(Cl)c(Cl)c1. The van der Waals surface area contributed by atoms with Gasteiger partial charge in [0.15, 0.2) is 0 Å². The number of nitrogens with one attached hydrogen (secondary N) is 1. The Labute approximate surface area is 130 Å². The van der Waals surface area contributed by atoms with Gasteiger partial charge < -0.3 is 10.1 Å². The molecule has 0 amide bonds. The first-order chi connectivity index (χ1) is 9.10. The largest absolute Gasteiger partial charge is 0.495 e. The lowest BCUT2D eigenvalue weighted by molar-refractivity contribution is 0.416. The van der Waals surface area contributed by atoms with E-state index in [2.05, 4.69) is 21.2 Å². The molecule has 19 heavy (non-hydrogen) atoms. The number of benzene rings is 2. The summed E-state index contributed by atoms with van der Waals surface area (Å²) in [6.45, 7) is 0.643. The van der Waals surface area contributed by atoms with E-state index in [-0.39, 0.29) is 0 Å². The summed E-state index contributed by atoms with van der Waals surface area (Å²) < 4.78 is 6.29. The average Bonchev–Trinajstić information content (AvgIpc) is 2.40. The molecular weight excluding hydrogens is 349 g/mol. The van der Waals surface area contributed by atoms with Gasteiger partial charge in [-0.25, -0.2) is 0 Å².